The summed E-state index contributed by atoms with van der Waals surface area (Å²) in [6.45, 7) is 2.59. The van der Waals surface area contributed by atoms with E-state index in [0.717, 1.165) is 30.7 Å². The molecule has 1 aromatic heterocycles. The van der Waals surface area contributed by atoms with Gasteiger partial charge < -0.3 is 14.9 Å². The van der Waals surface area contributed by atoms with Crippen molar-refractivity contribution in [2.45, 2.75) is 19.3 Å². The summed E-state index contributed by atoms with van der Waals surface area (Å²) in [7, 11) is 1.59. The Kier molecular flexibility index (Phi) is 6.29. The molecule has 4 rings (SSSR count). The quantitative estimate of drug-likeness (QED) is 0.805. The maximum atomic E-state index is 12.0. The molecule has 0 spiro atoms. The van der Waals surface area contributed by atoms with E-state index in [0.29, 0.717) is 12.2 Å². The van der Waals surface area contributed by atoms with Crippen molar-refractivity contribution in [3.8, 4) is 17.2 Å². The molecular formula is C21H26N2O4. The third-order valence-corrected chi connectivity index (χ3v) is 5.28. The minimum atomic E-state index is 0.0509. The molecule has 0 unspecified atom stereocenters. The van der Waals surface area contributed by atoms with Gasteiger partial charge in [0.2, 0.25) is 0 Å². The van der Waals surface area contributed by atoms with E-state index in [1.807, 2.05) is 0 Å². The molecule has 0 radical (unpaired) electrons. The third kappa shape index (κ3) is 5.20. The second kappa shape index (κ2) is 8.86. The number of aromatic hydroxyl groups is 2. The van der Waals surface area contributed by atoms with Gasteiger partial charge in [-0.3, -0.25) is 9.69 Å². The van der Waals surface area contributed by atoms with Gasteiger partial charge in [-0.15, -0.1) is 0 Å². The zero-order valence-corrected chi connectivity index (χ0v) is 15.5. The molecule has 1 saturated carbocycles. The number of carbonyl (C=O) groups excluding carboxylic acids is 1. The minimum Gasteiger partial charge on any atom is -0.508 e. The smallest absolute Gasteiger partial charge is 0.195 e. The summed E-state index contributed by atoms with van der Waals surface area (Å²) in [6.07, 6.45) is 5.34. The van der Waals surface area contributed by atoms with Crippen LogP contribution >= 0.6 is 0 Å². The molecule has 2 aromatic rings. The van der Waals surface area contributed by atoms with Crippen LogP contribution < -0.4 is 4.74 Å². The number of ether oxygens (including phenoxy) is 1. The zero-order valence-electron chi connectivity index (χ0n) is 15.5. The Hall–Kier alpha value is -2.60. The monoisotopic (exact) mass is 370 g/mol. The van der Waals surface area contributed by atoms with E-state index in [1.165, 1.54) is 31.5 Å². The molecule has 144 valence electrons. The first-order chi connectivity index (χ1) is 13.0. The molecule has 2 atom stereocenters. The Balaban J connectivity index is 0.000000197. The van der Waals surface area contributed by atoms with Crippen molar-refractivity contribution in [1.29, 1.82) is 0 Å². The summed E-state index contributed by atoms with van der Waals surface area (Å²) < 4.78 is 4.86. The molecule has 0 amide bonds. The number of rotatable bonds is 4. The summed E-state index contributed by atoms with van der Waals surface area (Å²) in [6, 6.07) is 9.68. The third-order valence-electron chi connectivity index (χ3n) is 5.28. The second-order valence-electron chi connectivity index (χ2n) is 7.17. The van der Waals surface area contributed by atoms with Crippen molar-refractivity contribution in [2.75, 3.05) is 26.7 Å². The number of fused-ring (bicyclic) bond motifs is 1. The van der Waals surface area contributed by atoms with Gasteiger partial charge in [0.1, 0.15) is 22.9 Å². The molecular weight excluding hydrogens is 344 g/mol. The van der Waals surface area contributed by atoms with Crippen LogP contribution in [0.15, 0.2) is 42.6 Å². The molecule has 1 aromatic carbocycles. The lowest BCUT2D eigenvalue weighted by molar-refractivity contribution is 0.0936. The standard InChI is InChI=1S/C14H18N2O2.C7H8O2/c17-12-4-5-13(15-6-12)14(18)9-16-7-10-2-1-3-11(10)8-16;1-9-7-4-2-6(8)3-5-7/h4-6,10-11,17H,1-3,7-9H2;2-5,8H,1H3/t10-,11+;. The topological polar surface area (TPSA) is 82.9 Å². The highest BCUT2D eigenvalue weighted by Gasteiger charge is 2.36. The van der Waals surface area contributed by atoms with Crippen LogP contribution in [-0.4, -0.2) is 52.6 Å². The highest BCUT2D eigenvalue weighted by Crippen LogP contribution is 2.37. The average molecular weight is 370 g/mol. The molecule has 2 fully saturated rings. The fourth-order valence-corrected chi connectivity index (χ4v) is 3.88. The maximum Gasteiger partial charge on any atom is 0.195 e. The van der Waals surface area contributed by atoms with Gasteiger partial charge in [-0.1, -0.05) is 6.42 Å². The molecule has 1 aliphatic carbocycles. The molecule has 1 aliphatic heterocycles. The average Bonchev–Trinajstić information content (AvgIpc) is 3.25. The van der Waals surface area contributed by atoms with Crippen molar-refractivity contribution in [3.05, 3.63) is 48.3 Å². The molecule has 2 N–H and O–H groups in total. The van der Waals surface area contributed by atoms with E-state index in [2.05, 4.69) is 9.88 Å². The van der Waals surface area contributed by atoms with Gasteiger partial charge in [0.25, 0.3) is 0 Å². The molecule has 2 aliphatic rings. The second-order valence-corrected chi connectivity index (χ2v) is 7.17. The number of hydrogen-bond acceptors (Lipinski definition) is 6. The predicted molar refractivity (Wildman–Crippen MR) is 102 cm³/mol. The molecule has 6 heteroatoms. The molecule has 27 heavy (non-hydrogen) atoms. The van der Waals surface area contributed by atoms with Crippen molar-refractivity contribution < 1.29 is 19.7 Å². The highest BCUT2D eigenvalue weighted by atomic mass is 16.5. The van der Waals surface area contributed by atoms with Gasteiger partial charge in [0.15, 0.2) is 5.78 Å². The lowest BCUT2D eigenvalue weighted by atomic mass is 10.0. The molecule has 6 nitrogen and oxygen atoms in total. The van der Waals surface area contributed by atoms with Crippen LogP contribution in [0, 0.1) is 11.8 Å². The van der Waals surface area contributed by atoms with Crippen LogP contribution in [0.1, 0.15) is 29.8 Å². The maximum absolute atomic E-state index is 12.0. The van der Waals surface area contributed by atoms with Crippen molar-refractivity contribution >= 4 is 5.78 Å². The number of pyridine rings is 1. The lowest BCUT2D eigenvalue weighted by Crippen LogP contribution is -2.29. The van der Waals surface area contributed by atoms with Crippen LogP contribution in [0.3, 0.4) is 0 Å². The SMILES string of the molecule is COc1ccc(O)cc1.O=C(CN1C[C@H]2CCC[C@H]2C1)c1ccc(O)cn1. The van der Waals surface area contributed by atoms with Gasteiger partial charge >= 0.3 is 0 Å². The molecule has 0 bridgehead atoms. The van der Waals surface area contributed by atoms with E-state index in [4.69, 9.17) is 14.9 Å². The summed E-state index contributed by atoms with van der Waals surface area (Å²) >= 11 is 0. The number of Topliss-reactive ketones (excluding diaryl/α,β-unsaturated/α-hetero) is 1. The first-order valence-electron chi connectivity index (χ1n) is 9.28. The van der Waals surface area contributed by atoms with Crippen LogP contribution in [0.4, 0.5) is 0 Å². The predicted octanol–water partition coefficient (Wildman–Crippen LogP) is 3.10. The van der Waals surface area contributed by atoms with Gasteiger partial charge in [-0.2, -0.15) is 0 Å². The zero-order chi connectivity index (χ0) is 19.2. The normalized spacial score (nSPS) is 21.2. The number of nitrogens with zero attached hydrogens (tertiary/aromatic N) is 2. The van der Waals surface area contributed by atoms with Crippen molar-refractivity contribution in [2.24, 2.45) is 11.8 Å². The van der Waals surface area contributed by atoms with Crippen LogP contribution in [0.2, 0.25) is 0 Å². The van der Waals surface area contributed by atoms with Crippen LogP contribution in [0.5, 0.6) is 17.2 Å². The Morgan fingerprint density at radius 1 is 1.07 bits per heavy atom. The first-order valence-corrected chi connectivity index (χ1v) is 9.28. The van der Waals surface area contributed by atoms with Gasteiger partial charge in [0.05, 0.1) is 19.9 Å². The van der Waals surface area contributed by atoms with Crippen molar-refractivity contribution in [1.82, 2.24) is 9.88 Å². The first kappa shape index (κ1) is 19.2. The van der Waals surface area contributed by atoms with Gasteiger partial charge in [0, 0.05) is 13.1 Å². The number of aromatic nitrogens is 1. The van der Waals surface area contributed by atoms with Crippen molar-refractivity contribution in [3.63, 3.8) is 0 Å². The van der Waals surface area contributed by atoms with E-state index >= 15 is 0 Å². The number of benzene rings is 1. The number of phenols is 1. The molecule has 2 heterocycles. The van der Waals surface area contributed by atoms with E-state index in [9.17, 15) is 4.79 Å². The van der Waals surface area contributed by atoms with E-state index < -0.39 is 0 Å². The fraction of sp³-hybridized carbons (Fsp3) is 0.429. The Morgan fingerprint density at radius 2 is 1.70 bits per heavy atom. The van der Waals surface area contributed by atoms with E-state index in [1.54, 1.807) is 37.4 Å². The van der Waals surface area contributed by atoms with Crippen LogP contribution in [0.25, 0.3) is 0 Å². The number of likely N-dealkylation sites (tertiary alicyclic amines) is 1. The summed E-state index contributed by atoms with van der Waals surface area (Å²) in [5, 5.41) is 17.9. The largest absolute Gasteiger partial charge is 0.508 e. The number of methoxy groups -OCH3 is 1. The van der Waals surface area contributed by atoms with Crippen LogP contribution in [-0.2, 0) is 0 Å². The van der Waals surface area contributed by atoms with E-state index in [-0.39, 0.29) is 17.3 Å². The summed E-state index contributed by atoms with van der Waals surface area (Å²) in [5.74, 6) is 2.79. The number of carbonyl (C=O) groups is 1. The highest BCUT2D eigenvalue weighted by molar-refractivity contribution is 5.95. The fourth-order valence-electron chi connectivity index (χ4n) is 3.88. The number of ketones is 1. The Bertz CT molecular complexity index is 734. The Morgan fingerprint density at radius 3 is 2.26 bits per heavy atom. The van der Waals surface area contributed by atoms with Gasteiger partial charge in [-0.05, 0) is 61.1 Å². The summed E-state index contributed by atoms with van der Waals surface area (Å²) in [4.78, 5) is 18.3. The molecule has 1 saturated heterocycles. The number of phenolic OH excluding ortho intramolecular Hbond substituents is 1. The lowest BCUT2D eigenvalue weighted by Gasteiger charge is -2.15. The summed E-state index contributed by atoms with van der Waals surface area (Å²) in [5.41, 5.74) is 0.449. The van der Waals surface area contributed by atoms with Gasteiger partial charge in [-0.25, -0.2) is 4.98 Å². The minimum absolute atomic E-state index is 0.0509. The number of hydrogen-bond donors (Lipinski definition) is 2. The Labute approximate surface area is 159 Å².